The van der Waals surface area contributed by atoms with Gasteiger partial charge in [0.25, 0.3) is 5.91 Å². The summed E-state index contributed by atoms with van der Waals surface area (Å²) in [4.78, 5) is 18.5. The fourth-order valence-corrected chi connectivity index (χ4v) is 2.78. The average Bonchev–Trinajstić information content (AvgIpc) is 2.98. The van der Waals surface area contributed by atoms with Crippen LogP contribution in [0.5, 0.6) is 11.5 Å². The van der Waals surface area contributed by atoms with Crippen molar-refractivity contribution in [1.82, 2.24) is 9.88 Å². The number of hydrogen-bond acceptors (Lipinski definition) is 4. The van der Waals surface area contributed by atoms with Gasteiger partial charge < -0.3 is 15.4 Å². The third-order valence-corrected chi connectivity index (χ3v) is 4.30. The molecule has 2 N–H and O–H groups in total. The molecule has 0 saturated carbocycles. The van der Waals surface area contributed by atoms with Crippen LogP contribution in [0.4, 0.5) is 0 Å². The summed E-state index contributed by atoms with van der Waals surface area (Å²) in [6.07, 6.45) is 4.28. The first kappa shape index (κ1) is 15.5. The zero-order chi connectivity index (χ0) is 16.3. The van der Waals surface area contributed by atoms with Crippen LogP contribution in [0.3, 0.4) is 0 Å². The van der Waals surface area contributed by atoms with Crippen LogP contribution in [0.25, 0.3) is 0 Å². The molecule has 2 aromatic rings. The topological polar surface area (TPSA) is 68.5 Å². The van der Waals surface area contributed by atoms with Crippen molar-refractivity contribution in [1.29, 1.82) is 0 Å². The highest BCUT2D eigenvalue weighted by molar-refractivity contribution is 5.94. The molecule has 23 heavy (non-hydrogen) atoms. The number of likely N-dealkylation sites (tertiary alicyclic amines) is 1. The summed E-state index contributed by atoms with van der Waals surface area (Å²) >= 11 is 0. The van der Waals surface area contributed by atoms with Crippen LogP contribution < -0.4 is 10.5 Å². The number of hydrogen-bond donors (Lipinski definition) is 1. The van der Waals surface area contributed by atoms with Gasteiger partial charge in [-0.1, -0.05) is 13.0 Å². The van der Waals surface area contributed by atoms with E-state index in [0.29, 0.717) is 30.2 Å². The second kappa shape index (κ2) is 6.38. The minimum Gasteiger partial charge on any atom is -0.457 e. The van der Waals surface area contributed by atoms with E-state index in [4.69, 9.17) is 10.5 Å². The first-order valence-electron chi connectivity index (χ1n) is 7.77. The minimum atomic E-state index is 0.0286. The molecule has 2 heterocycles. The molecule has 0 radical (unpaired) electrons. The third-order valence-electron chi connectivity index (χ3n) is 4.30. The van der Waals surface area contributed by atoms with Gasteiger partial charge >= 0.3 is 0 Å². The SMILES string of the molecule is CC1(CN)CCN(C(=O)c2cccc(Oc3ccncc3)c2)C1. The van der Waals surface area contributed by atoms with Gasteiger partial charge in [-0.15, -0.1) is 0 Å². The quantitative estimate of drug-likeness (QED) is 0.942. The van der Waals surface area contributed by atoms with Crippen molar-refractivity contribution in [2.24, 2.45) is 11.1 Å². The van der Waals surface area contributed by atoms with Gasteiger partial charge in [0, 0.05) is 31.0 Å². The highest BCUT2D eigenvalue weighted by Crippen LogP contribution is 2.30. The summed E-state index contributed by atoms with van der Waals surface area (Å²) in [5.74, 6) is 1.37. The van der Waals surface area contributed by atoms with Crippen molar-refractivity contribution in [2.75, 3.05) is 19.6 Å². The van der Waals surface area contributed by atoms with Crippen molar-refractivity contribution in [3.63, 3.8) is 0 Å². The summed E-state index contributed by atoms with van der Waals surface area (Å²) in [6, 6.07) is 10.8. The largest absolute Gasteiger partial charge is 0.457 e. The Balaban J connectivity index is 1.74. The summed E-state index contributed by atoms with van der Waals surface area (Å²) in [5, 5.41) is 0. The lowest BCUT2D eigenvalue weighted by Gasteiger charge is -2.22. The fourth-order valence-electron chi connectivity index (χ4n) is 2.78. The first-order valence-corrected chi connectivity index (χ1v) is 7.77. The standard InChI is InChI=1S/C18H21N3O2/c1-18(12-19)7-10-21(13-18)17(22)14-3-2-4-16(11-14)23-15-5-8-20-9-6-15/h2-6,8-9,11H,7,10,12-13,19H2,1H3. The molecule has 5 heteroatoms. The van der Waals surface area contributed by atoms with Crippen molar-refractivity contribution >= 4 is 5.91 Å². The van der Waals surface area contributed by atoms with E-state index >= 15 is 0 Å². The van der Waals surface area contributed by atoms with Crippen LogP contribution in [0.2, 0.25) is 0 Å². The van der Waals surface area contributed by atoms with Gasteiger partial charge in [-0.05, 0) is 48.7 Å². The van der Waals surface area contributed by atoms with Crippen molar-refractivity contribution in [2.45, 2.75) is 13.3 Å². The Bertz CT molecular complexity index is 690. The number of carbonyl (C=O) groups is 1. The number of nitrogens with two attached hydrogens (primary N) is 1. The zero-order valence-corrected chi connectivity index (χ0v) is 13.2. The van der Waals surface area contributed by atoms with Gasteiger partial charge in [0.1, 0.15) is 11.5 Å². The van der Waals surface area contributed by atoms with E-state index in [9.17, 15) is 4.79 Å². The van der Waals surface area contributed by atoms with Crippen molar-refractivity contribution in [3.8, 4) is 11.5 Å². The molecular formula is C18H21N3O2. The van der Waals surface area contributed by atoms with E-state index in [1.807, 2.05) is 23.1 Å². The maximum Gasteiger partial charge on any atom is 0.254 e. The molecule has 1 aliphatic heterocycles. The molecule has 1 saturated heterocycles. The molecule has 0 spiro atoms. The molecule has 1 atom stereocenters. The lowest BCUT2D eigenvalue weighted by Crippen LogP contribution is -2.34. The Morgan fingerprint density at radius 2 is 2.09 bits per heavy atom. The van der Waals surface area contributed by atoms with Crippen molar-refractivity contribution < 1.29 is 9.53 Å². The molecule has 1 aromatic heterocycles. The Hall–Kier alpha value is -2.40. The van der Waals surface area contributed by atoms with Gasteiger partial charge in [0.05, 0.1) is 0 Å². The van der Waals surface area contributed by atoms with Crippen molar-refractivity contribution in [3.05, 3.63) is 54.4 Å². The summed E-state index contributed by atoms with van der Waals surface area (Å²) < 4.78 is 5.76. The molecule has 1 fully saturated rings. The number of ether oxygens (including phenoxy) is 1. The lowest BCUT2D eigenvalue weighted by molar-refractivity contribution is 0.0776. The van der Waals surface area contributed by atoms with Crippen LogP contribution in [-0.4, -0.2) is 35.4 Å². The first-order chi connectivity index (χ1) is 11.1. The summed E-state index contributed by atoms with van der Waals surface area (Å²) in [6.45, 7) is 4.19. The molecule has 3 rings (SSSR count). The molecule has 1 unspecified atom stereocenters. The Kier molecular flexibility index (Phi) is 4.30. The van der Waals surface area contributed by atoms with E-state index in [-0.39, 0.29) is 11.3 Å². The molecule has 1 aromatic carbocycles. The van der Waals surface area contributed by atoms with E-state index in [0.717, 1.165) is 13.0 Å². The third kappa shape index (κ3) is 3.51. The monoisotopic (exact) mass is 311 g/mol. The highest BCUT2D eigenvalue weighted by Gasteiger charge is 2.35. The Labute approximate surface area is 136 Å². The smallest absolute Gasteiger partial charge is 0.254 e. The molecule has 120 valence electrons. The summed E-state index contributed by atoms with van der Waals surface area (Å²) in [5.41, 5.74) is 6.48. The minimum absolute atomic E-state index is 0.0286. The highest BCUT2D eigenvalue weighted by atomic mass is 16.5. The van der Waals surface area contributed by atoms with Crippen LogP contribution in [0, 0.1) is 5.41 Å². The number of nitrogens with zero attached hydrogens (tertiary/aromatic N) is 2. The van der Waals surface area contributed by atoms with E-state index < -0.39 is 0 Å². The van der Waals surface area contributed by atoms with Crippen LogP contribution in [0.1, 0.15) is 23.7 Å². The zero-order valence-electron chi connectivity index (χ0n) is 13.2. The Morgan fingerprint density at radius 1 is 1.30 bits per heavy atom. The maximum absolute atomic E-state index is 12.7. The molecular weight excluding hydrogens is 290 g/mol. The lowest BCUT2D eigenvalue weighted by atomic mass is 9.90. The Morgan fingerprint density at radius 3 is 2.78 bits per heavy atom. The van der Waals surface area contributed by atoms with Gasteiger partial charge in [-0.2, -0.15) is 0 Å². The maximum atomic E-state index is 12.7. The summed E-state index contributed by atoms with van der Waals surface area (Å²) in [7, 11) is 0. The predicted molar refractivity (Wildman–Crippen MR) is 88.4 cm³/mol. The average molecular weight is 311 g/mol. The second-order valence-corrected chi connectivity index (χ2v) is 6.30. The number of rotatable bonds is 4. The number of carbonyl (C=O) groups excluding carboxylic acids is 1. The number of pyridine rings is 1. The molecule has 1 amide bonds. The van der Waals surface area contributed by atoms with Crippen LogP contribution in [-0.2, 0) is 0 Å². The van der Waals surface area contributed by atoms with E-state index in [1.165, 1.54) is 0 Å². The van der Waals surface area contributed by atoms with Crippen LogP contribution in [0.15, 0.2) is 48.8 Å². The predicted octanol–water partition coefficient (Wildman–Crippen LogP) is 2.68. The van der Waals surface area contributed by atoms with Gasteiger partial charge in [0.15, 0.2) is 0 Å². The van der Waals surface area contributed by atoms with Gasteiger partial charge in [0.2, 0.25) is 0 Å². The van der Waals surface area contributed by atoms with Crippen LogP contribution >= 0.6 is 0 Å². The number of amides is 1. The molecule has 0 aliphatic carbocycles. The number of aromatic nitrogens is 1. The molecule has 5 nitrogen and oxygen atoms in total. The van der Waals surface area contributed by atoms with Gasteiger partial charge in [-0.3, -0.25) is 9.78 Å². The number of benzene rings is 1. The second-order valence-electron chi connectivity index (χ2n) is 6.30. The van der Waals surface area contributed by atoms with E-state index in [2.05, 4.69) is 11.9 Å². The van der Waals surface area contributed by atoms with Gasteiger partial charge in [-0.25, -0.2) is 0 Å². The normalized spacial score (nSPS) is 20.5. The molecule has 0 bridgehead atoms. The molecule has 1 aliphatic rings. The fraction of sp³-hybridized carbons (Fsp3) is 0.333. The van der Waals surface area contributed by atoms with E-state index in [1.54, 1.807) is 30.6 Å².